The van der Waals surface area contributed by atoms with Gasteiger partial charge in [0.25, 0.3) is 11.8 Å². The molecule has 0 unspecified atom stereocenters. The van der Waals surface area contributed by atoms with Crippen LogP contribution in [0, 0.1) is 0 Å². The zero-order valence-corrected chi connectivity index (χ0v) is 18.6. The quantitative estimate of drug-likeness (QED) is 0.408. The predicted molar refractivity (Wildman–Crippen MR) is 127 cm³/mol. The minimum absolute atomic E-state index is 0.123. The normalized spacial score (nSPS) is 15.0. The Kier molecular flexibility index (Phi) is 6.56. The fraction of sp³-hybridized carbons (Fsp3) is 0.115. The van der Waals surface area contributed by atoms with Gasteiger partial charge in [0.2, 0.25) is 0 Å². The summed E-state index contributed by atoms with van der Waals surface area (Å²) >= 11 is 5.99. The molecule has 0 atom stereocenters. The van der Waals surface area contributed by atoms with E-state index in [1.165, 1.54) is 6.08 Å². The average Bonchev–Trinajstić information content (AvgIpc) is 2.81. The molecule has 0 saturated carbocycles. The second-order valence-electron chi connectivity index (χ2n) is 7.47. The van der Waals surface area contributed by atoms with Crippen LogP contribution >= 0.6 is 11.6 Å². The number of aryl methyl sites for hydroxylation is 1. The lowest BCUT2D eigenvalue weighted by Crippen LogP contribution is -2.54. The molecule has 33 heavy (non-hydrogen) atoms. The van der Waals surface area contributed by atoms with Gasteiger partial charge in [-0.2, -0.15) is 0 Å². The maximum atomic E-state index is 13.0. The van der Waals surface area contributed by atoms with E-state index in [9.17, 15) is 14.4 Å². The summed E-state index contributed by atoms with van der Waals surface area (Å²) in [6.07, 6.45) is 2.29. The van der Waals surface area contributed by atoms with E-state index in [0.717, 1.165) is 22.4 Å². The first-order chi connectivity index (χ1) is 15.9. The average molecular weight is 461 g/mol. The van der Waals surface area contributed by atoms with Crippen molar-refractivity contribution in [1.82, 2.24) is 5.32 Å². The lowest BCUT2D eigenvalue weighted by Gasteiger charge is -2.26. The number of ether oxygens (including phenoxy) is 1. The summed E-state index contributed by atoms with van der Waals surface area (Å²) in [7, 11) is 0. The highest BCUT2D eigenvalue weighted by Gasteiger charge is 2.36. The molecule has 0 aliphatic carbocycles. The van der Waals surface area contributed by atoms with Gasteiger partial charge in [-0.05, 0) is 65.6 Å². The summed E-state index contributed by atoms with van der Waals surface area (Å²) in [5.74, 6) is -0.772. The molecule has 1 fully saturated rings. The molecule has 0 aromatic heterocycles. The molecule has 166 valence electrons. The molecule has 6 nitrogen and oxygen atoms in total. The Labute approximate surface area is 196 Å². The number of carbonyl (C=O) groups excluding carboxylic acids is 3. The summed E-state index contributed by atoms with van der Waals surface area (Å²) in [5, 5.41) is 2.88. The molecule has 1 aliphatic rings. The third-order valence-corrected chi connectivity index (χ3v) is 5.43. The summed E-state index contributed by atoms with van der Waals surface area (Å²) in [5.41, 5.74) is 2.92. The smallest absolute Gasteiger partial charge is 0.335 e. The van der Waals surface area contributed by atoms with Crippen molar-refractivity contribution in [3.63, 3.8) is 0 Å². The maximum Gasteiger partial charge on any atom is 0.335 e. The van der Waals surface area contributed by atoms with Crippen LogP contribution in [0.25, 0.3) is 6.08 Å². The van der Waals surface area contributed by atoms with Crippen LogP contribution in [0.4, 0.5) is 10.5 Å². The number of hydrogen-bond acceptors (Lipinski definition) is 4. The lowest BCUT2D eigenvalue weighted by atomic mass is 10.1. The fourth-order valence-electron chi connectivity index (χ4n) is 3.39. The van der Waals surface area contributed by atoms with E-state index in [0.29, 0.717) is 28.6 Å². The van der Waals surface area contributed by atoms with Crippen LogP contribution in [0.3, 0.4) is 0 Å². The number of amides is 4. The first-order valence-electron chi connectivity index (χ1n) is 10.4. The molecular weight excluding hydrogens is 440 g/mol. The van der Waals surface area contributed by atoms with E-state index in [1.807, 2.05) is 37.3 Å². The molecule has 3 aromatic rings. The van der Waals surface area contributed by atoms with E-state index in [-0.39, 0.29) is 5.57 Å². The topological polar surface area (TPSA) is 75.7 Å². The Morgan fingerprint density at radius 3 is 2.33 bits per heavy atom. The Balaban J connectivity index is 1.51. The molecule has 7 heteroatoms. The summed E-state index contributed by atoms with van der Waals surface area (Å²) in [4.78, 5) is 38.7. The van der Waals surface area contributed by atoms with E-state index in [4.69, 9.17) is 16.3 Å². The van der Waals surface area contributed by atoms with Crippen molar-refractivity contribution in [3.05, 3.63) is 100 Å². The largest absolute Gasteiger partial charge is 0.489 e. The van der Waals surface area contributed by atoms with Gasteiger partial charge in [0.05, 0.1) is 5.69 Å². The first-order valence-corrected chi connectivity index (χ1v) is 10.8. The molecule has 0 spiro atoms. The van der Waals surface area contributed by atoms with Crippen LogP contribution < -0.4 is 15.0 Å². The zero-order valence-electron chi connectivity index (χ0n) is 17.9. The fourth-order valence-corrected chi connectivity index (χ4v) is 3.61. The van der Waals surface area contributed by atoms with Gasteiger partial charge in [-0.15, -0.1) is 0 Å². The molecule has 0 radical (unpaired) electrons. The third kappa shape index (κ3) is 5.13. The molecule has 4 rings (SSSR count). The second-order valence-corrected chi connectivity index (χ2v) is 7.90. The van der Waals surface area contributed by atoms with E-state index in [1.54, 1.807) is 42.5 Å². The molecule has 3 aromatic carbocycles. The first kappa shape index (κ1) is 22.3. The van der Waals surface area contributed by atoms with Crippen LogP contribution in [0.2, 0.25) is 5.02 Å². The molecule has 4 amide bonds. The molecule has 0 bridgehead atoms. The number of barbiturate groups is 1. The summed E-state index contributed by atoms with van der Waals surface area (Å²) in [6, 6.07) is 20.7. The number of nitrogens with zero attached hydrogens (tertiary/aromatic N) is 1. The van der Waals surface area contributed by atoms with Gasteiger partial charge in [0.15, 0.2) is 0 Å². The van der Waals surface area contributed by atoms with Crippen molar-refractivity contribution < 1.29 is 19.1 Å². The van der Waals surface area contributed by atoms with Gasteiger partial charge in [-0.25, -0.2) is 9.69 Å². The van der Waals surface area contributed by atoms with Crippen molar-refractivity contribution >= 4 is 41.2 Å². The van der Waals surface area contributed by atoms with Gasteiger partial charge in [-0.1, -0.05) is 54.9 Å². The van der Waals surface area contributed by atoms with E-state index < -0.39 is 17.8 Å². The van der Waals surface area contributed by atoms with Gasteiger partial charge in [0.1, 0.15) is 17.9 Å². The van der Waals surface area contributed by atoms with Crippen LogP contribution in [0.1, 0.15) is 23.6 Å². The number of urea groups is 1. The number of anilines is 1. The van der Waals surface area contributed by atoms with Crippen LogP contribution in [0.15, 0.2) is 78.4 Å². The molecule has 1 saturated heterocycles. The van der Waals surface area contributed by atoms with Crippen LogP contribution in [0.5, 0.6) is 5.75 Å². The van der Waals surface area contributed by atoms with Gasteiger partial charge in [-0.3, -0.25) is 14.9 Å². The Bertz CT molecular complexity index is 1230. The highest BCUT2D eigenvalue weighted by Crippen LogP contribution is 2.23. The van der Waals surface area contributed by atoms with Crippen molar-refractivity contribution in [2.24, 2.45) is 0 Å². The van der Waals surface area contributed by atoms with E-state index >= 15 is 0 Å². The monoisotopic (exact) mass is 460 g/mol. The van der Waals surface area contributed by atoms with E-state index in [2.05, 4.69) is 5.32 Å². The SMILES string of the molecule is CCc1ccc(N2C(=O)NC(=O)/C(=C\c3ccc(OCc4cccc(Cl)c4)cc3)C2=O)cc1. The maximum absolute atomic E-state index is 13.0. The number of rotatable bonds is 6. The van der Waals surface area contributed by atoms with Gasteiger partial charge >= 0.3 is 6.03 Å². The molecular formula is C26H21ClN2O4. The second kappa shape index (κ2) is 9.71. The van der Waals surface area contributed by atoms with Crippen LogP contribution in [-0.2, 0) is 22.6 Å². The standard InChI is InChI=1S/C26H21ClN2O4/c1-2-17-6-10-21(11-7-17)29-25(31)23(24(30)28-26(29)32)15-18-8-12-22(13-9-18)33-16-19-4-3-5-20(27)14-19/h3-15H,2,16H2,1H3,(H,28,30,32)/b23-15+. The number of hydrogen-bond donors (Lipinski definition) is 1. The minimum atomic E-state index is -0.767. The van der Waals surface area contributed by atoms with Crippen molar-refractivity contribution in [3.8, 4) is 5.75 Å². The molecule has 1 heterocycles. The number of halogens is 1. The van der Waals surface area contributed by atoms with Crippen molar-refractivity contribution in [1.29, 1.82) is 0 Å². The zero-order chi connectivity index (χ0) is 23.4. The predicted octanol–water partition coefficient (Wildman–Crippen LogP) is 5.15. The molecule has 1 aliphatic heterocycles. The summed E-state index contributed by atoms with van der Waals surface area (Å²) in [6.45, 7) is 2.37. The van der Waals surface area contributed by atoms with Crippen molar-refractivity contribution in [2.75, 3.05) is 4.90 Å². The highest BCUT2D eigenvalue weighted by atomic mass is 35.5. The van der Waals surface area contributed by atoms with Gasteiger partial charge < -0.3 is 4.74 Å². The number of nitrogens with one attached hydrogen (secondary N) is 1. The third-order valence-electron chi connectivity index (χ3n) is 5.19. The van der Waals surface area contributed by atoms with Crippen LogP contribution in [-0.4, -0.2) is 17.8 Å². The Hall–Kier alpha value is -3.90. The number of benzene rings is 3. The Morgan fingerprint density at radius 2 is 1.67 bits per heavy atom. The number of imide groups is 2. The lowest BCUT2D eigenvalue weighted by molar-refractivity contribution is -0.122. The highest BCUT2D eigenvalue weighted by molar-refractivity contribution is 6.39. The summed E-state index contributed by atoms with van der Waals surface area (Å²) < 4.78 is 5.76. The Morgan fingerprint density at radius 1 is 0.939 bits per heavy atom. The number of carbonyl (C=O) groups is 3. The van der Waals surface area contributed by atoms with Crippen molar-refractivity contribution in [2.45, 2.75) is 20.0 Å². The minimum Gasteiger partial charge on any atom is -0.489 e. The van der Waals surface area contributed by atoms with Gasteiger partial charge in [0, 0.05) is 5.02 Å². The molecule has 1 N–H and O–H groups in total.